The Kier molecular flexibility index (Phi) is 4.86. The number of aromatic nitrogens is 5. The second-order valence-electron chi connectivity index (χ2n) is 6.94. The number of rotatable bonds is 2. The highest BCUT2D eigenvalue weighted by molar-refractivity contribution is 5.95. The topological polar surface area (TPSA) is 76.8 Å². The minimum atomic E-state index is -4.80. The van der Waals surface area contributed by atoms with Crippen LogP contribution in [-0.4, -0.2) is 54.7 Å². The van der Waals surface area contributed by atoms with Gasteiger partial charge in [0.15, 0.2) is 5.82 Å². The van der Waals surface area contributed by atoms with Crippen molar-refractivity contribution in [2.75, 3.05) is 6.54 Å². The molecule has 3 atom stereocenters. The molecule has 0 saturated heterocycles. The third-order valence-corrected chi connectivity index (χ3v) is 5.13. The number of nitrogens with zero attached hydrogens (tertiary/aromatic N) is 6. The molecule has 3 heterocycles. The molecule has 30 heavy (non-hydrogen) atoms. The highest BCUT2D eigenvalue weighted by atomic mass is 19.4. The molecule has 0 spiro atoms. The first kappa shape index (κ1) is 20.1. The summed E-state index contributed by atoms with van der Waals surface area (Å²) in [7, 11) is 0. The van der Waals surface area contributed by atoms with Gasteiger partial charge in [-0.05, 0) is 6.92 Å². The zero-order valence-corrected chi connectivity index (χ0v) is 15.5. The Balaban J connectivity index is 1.59. The Hall–Kier alpha value is -3.18. The molecule has 0 radical (unpaired) electrons. The summed E-state index contributed by atoms with van der Waals surface area (Å²) in [4.78, 5) is 21.8. The number of fused-ring (bicyclic) bond motifs is 1. The number of hydrogen-bond donors (Lipinski definition) is 0. The molecule has 0 bridgehead atoms. The third kappa shape index (κ3) is 3.35. The monoisotopic (exact) mass is 426 g/mol. The molecular formula is C18H15F5N6O. The highest BCUT2D eigenvalue weighted by Crippen LogP contribution is 2.38. The Morgan fingerprint density at radius 2 is 1.93 bits per heavy atom. The van der Waals surface area contributed by atoms with E-state index in [1.54, 1.807) is 6.92 Å². The molecule has 2 unspecified atom stereocenters. The fraction of sp³-hybridized carbons (Fsp3) is 0.389. The van der Waals surface area contributed by atoms with Gasteiger partial charge >= 0.3 is 6.18 Å². The van der Waals surface area contributed by atoms with E-state index < -0.39 is 41.6 Å². The largest absolute Gasteiger partial charge is 0.398 e. The second kappa shape index (κ2) is 7.26. The van der Waals surface area contributed by atoms with Gasteiger partial charge in [-0.25, -0.2) is 18.7 Å². The molecule has 1 aliphatic carbocycles. The minimum Gasteiger partial charge on any atom is -0.330 e. The van der Waals surface area contributed by atoms with Crippen molar-refractivity contribution in [3.05, 3.63) is 53.4 Å². The van der Waals surface area contributed by atoms with Gasteiger partial charge in [-0.1, -0.05) is 23.4 Å². The summed E-state index contributed by atoms with van der Waals surface area (Å²) >= 11 is 0. The van der Waals surface area contributed by atoms with Crippen LogP contribution >= 0.6 is 0 Å². The lowest BCUT2D eigenvalue weighted by molar-refractivity contribution is -0.173. The molecular weight excluding hydrogens is 411 g/mol. The maximum absolute atomic E-state index is 14.5. The van der Waals surface area contributed by atoms with Crippen LogP contribution in [0.4, 0.5) is 22.0 Å². The van der Waals surface area contributed by atoms with Gasteiger partial charge in [0.25, 0.3) is 11.9 Å². The fourth-order valence-corrected chi connectivity index (χ4v) is 3.58. The molecule has 2 aromatic heterocycles. The summed E-state index contributed by atoms with van der Waals surface area (Å²) in [6.07, 6.45) is -2.28. The summed E-state index contributed by atoms with van der Waals surface area (Å²) in [5.74, 6) is -3.72. The Morgan fingerprint density at radius 3 is 2.60 bits per heavy atom. The lowest BCUT2D eigenvalue weighted by Crippen LogP contribution is -2.44. The van der Waals surface area contributed by atoms with Crippen molar-refractivity contribution in [3.8, 4) is 5.95 Å². The van der Waals surface area contributed by atoms with E-state index in [0.717, 1.165) is 24.5 Å². The zero-order chi connectivity index (χ0) is 21.6. The first-order chi connectivity index (χ1) is 14.2. The molecule has 4 rings (SSSR count). The quantitative estimate of drug-likeness (QED) is 0.691. The molecule has 7 nitrogen and oxygen atoms in total. The van der Waals surface area contributed by atoms with Crippen molar-refractivity contribution in [3.63, 3.8) is 0 Å². The van der Waals surface area contributed by atoms with Gasteiger partial charge in [0.2, 0.25) is 0 Å². The molecule has 12 heteroatoms. The number of amides is 1. The van der Waals surface area contributed by atoms with Crippen LogP contribution in [0.3, 0.4) is 0 Å². The van der Waals surface area contributed by atoms with Gasteiger partial charge in [-0.2, -0.15) is 17.9 Å². The summed E-state index contributed by atoms with van der Waals surface area (Å²) in [6.45, 7) is 1.72. The molecule has 0 saturated carbocycles. The number of carbonyl (C=O) groups is 1. The molecule has 1 aliphatic heterocycles. The van der Waals surface area contributed by atoms with Crippen LogP contribution in [-0.2, 0) is 11.2 Å². The predicted molar refractivity (Wildman–Crippen MR) is 92.4 cm³/mol. The normalized spacial score (nSPS) is 23.9. The van der Waals surface area contributed by atoms with Gasteiger partial charge in [0.05, 0.1) is 29.7 Å². The number of allylic oxidation sites excluding steroid dienone is 3. The van der Waals surface area contributed by atoms with Crippen molar-refractivity contribution in [2.24, 2.45) is 5.92 Å². The Bertz CT molecular complexity index is 1030. The molecule has 0 aromatic carbocycles. The number of alkyl halides is 4. The maximum Gasteiger partial charge on any atom is 0.398 e. The van der Waals surface area contributed by atoms with E-state index in [0.29, 0.717) is 17.5 Å². The van der Waals surface area contributed by atoms with Gasteiger partial charge in [0.1, 0.15) is 17.8 Å². The van der Waals surface area contributed by atoms with Crippen LogP contribution in [0.15, 0.2) is 36.2 Å². The number of halogens is 5. The van der Waals surface area contributed by atoms with Gasteiger partial charge in [-0.15, -0.1) is 5.10 Å². The molecule has 2 aliphatic rings. The standard InChI is InChI=1S/C18H15F5N6O/c1-9-15-13(29(27-26-15)17-24-7-10(19)8-25-17)5-6-28(9)16(30)11-3-2-4-12(14(11)20)18(21,22)23/h2-4,7-9,12,14H,5-6H2,1H3/t9-,12?,14?/m0/s1. The van der Waals surface area contributed by atoms with E-state index in [1.807, 2.05) is 0 Å². The average molecular weight is 426 g/mol. The lowest BCUT2D eigenvalue weighted by atomic mass is 9.90. The van der Waals surface area contributed by atoms with Gasteiger partial charge in [-0.3, -0.25) is 4.79 Å². The summed E-state index contributed by atoms with van der Waals surface area (Å²) in [6, 6.07) is -0.668. The summed E-state index contributed by atoms with van der Waals surface area (Å²) in [5.41, 5.74) is 0.419. The van der Waals surface area contributed by atoms with Crippen molar-refractivity contribution >= 4 is 5.91 Å². The van der Waals surface area contributed by atoms with Crippen molar-refractivity contribution < 1.29 is 26.7 Å². The zero-order valence-electron chi connectivity index (χ0n) is 15.5. The molecule has 0 N–H and O–H groups in total. The van der Waals surface area contributed by atoms with Crippen LogP contribution < -0.4 is 0 Å². The summed E-state index contributed by atoms with van der Waals surface area (Å²) in [5, 5.41) is 7.97. The van der Waals surface area contributed by atoms with Gasteiger partial charge in [0, 0.05) is 13.0 Å². The van der Waals surface area contributed by atoms with Crippen LogP contribution in [0.5, 0.6) is 0 Å². The molecule has 158 valence electrons. The van der Waals surface area contributed by atoms with E-state index in [1.165, 1.54) is 9.58 Å². The predicted octanol–water partition coefficient (Wildman–Crippen LogP) is 2.65. The van der Waals surface area contributed by atoms with E-state index in [2.05, 4.69) is 20.3 Å². The second-order valence-corrected chi connectivity index (χ2v) is 6.94. The van der Waals surface area contributed by atoms with Crippen LogP contribution in [0.25, 0.3) is 5.95 Å². The van der Waals surface area contributed by atoms with E-state index in [9.17, 15) is 26.7 Å². The van der Waals surface area contributed by atoms with Gasteiger partial charge < -0.3 is 4.90 Å². The lowest BCUT2D eigenvalue weighted by Gasteiger charge is -2.35. The minimum absolute atomic E-state index is 0.0918. The molecule has 1 amide bonds. The molecule has 0 fully saturated rings. The SMILES string of the molecule is C[C@H]1c2nnn(-c3ncc(F)cn3)c2CCN1C(=O)C1=CC=CC(C(F)(F)F)C1F. The third-order valence-electron chi connectivity index (χ3n) is 5.13. The first-order valence-electron chi connectivity index (χ1n) is 9.01. The Morgan fingerprint density at radius 1 is 1.23 bits per heavy atom. The maximum atomic E-state index is 14.5. The van der Waals surface area contributed by atoms with Crippen LogP contribution in [0.1, 0.15) is 24.4 Å². The molecule has 2 aromatic rings. The average Bonchev–Trinajstić information content (AvgIpc) is 3.13. The number of carbonyl (C=O) groups excluding carboxylic acids is 1. The van der Waals surface area contributed by atoms with Crippen molar-refractivity contribution in [2.45, 2.75) is 31.7 Å². The Labute approximate surface area is 166 Å². The summed E-state index contributed by atoms with van der Waals surface area (Å²) < 4.78 is 68.0. The smallest absolute Gasteiger partial charge is 0.330 e. The van der Waals surface area contributed by atoms with Crippen LogP contribution in [0, 0.1) is 11.7 Å². The van der Waals surface area contributed by atoms with E-state index in [4.69, 9.17) is 0 Å². The van der Waals surface area contributed by atoms with Crippen LogP contribution in [0.2, 0.25) is 0 Å². The van der Waals surface area contributed by atoms with E-state index >= 15 is 0 Å². The van der Waals surface area contributed by atoms with Crippen molar-refractivity contribution in [1.82, 2.24) is 29.9 Å². The van der Waals surface area contributed by atoms with Crippen molar-refractivity contribution in [1.29, 1.82) is 0 Å². The van der Waals surface area contributed by atoms with E-state index in [-0.39, 0.29) is 18.9 Å². The highest BCUT2D eigenvalue weighted by Gasteiger charge is 2.48. The first-order valence-corrected chi connectivity index (χ1v) is 9.01. The number of hydrogen-bond acceptors (Lipinski definition) is 5. The fourth-order valence-electron chi connectivity index (χ4n) is 3.58.